The quantitative estimate of drug-likeness (QED) is 0.641. The fraction of sp³-hybridized carbons (Fsp3) is 0.500. The molecule has 0 aliphatic heterocycles. The number of nitrogens with one attached hydrogen (secondary N) is 1. The summed E-state index contributed by atoms with van der Waals surface area (Å²) in [4.78, 5) is 24.4. The van der Waals surface area contributed by atoms with Gasteiger partial charge >= 0.3 is 0 Å². The van der Waals surface area contributed by atoms with E-state index in [1.807, 2.05) is 13.8 Å². The highest BCUT2D eigenvalue weighted by Gasteiger charge is 2.20. The molecule has 0 bridgehead atoms. The van der Waals surface area contributed by atoms with Gasteiger partial charge in [-0.3, -0.25) is 14.9 Å². The zero-order valence-electron chi connectivity index (χ0n) is 12.3. The van der Waals surface area contributed by atoms with Crippen LogP contribution in [0.4, 0.5) is 11.4 Å². The van der Waals surface area contributed by atoms with Crippen LogP contribution in [0.15, 0.2) is 18.2 Å². The van der Waals surface area contributed by atoms with Crippen LogP contribution in [0.3, 0.4) is 0 Å². The van der Waals surface area contributed by atoms with E-state index in [4.69, 9.17) is 0 Å². The number of anilines is 1. The Balaban J connectivity index is 2.91. The zero-order chi connectivity index (χ0) is 15.3. The van der Waals surface area contributed by atoms with Crippen molar-refractivity contribution in [2.24, 2.45) is 0 Å². The van der Waals surface area contributed by atoms with Gasteiger partial charge in [-0.1, -0.05) is 6.07 Å². The lowest BCUT2D eigenvalue weighted by atomic mass is 10.1. The van der Waals surface area contributed by atoms with Gasteiger partial charge in [-0.2, -0.15) is 0 Å². The summed E-state index contributed by atoms with van der Waals surface area (Å²) in [5, 5.41) is 14.0. The lowest BCUT2D eigenvalue weighted by Gasteiger charge is -2.24. The molecule has 20 heavy (non-hydrogen) atoms. The molecule has 6 nitrogen and oxygen atoms in total. The minimum atomic E-state index is -0.421. The summed E-state index contributed by atoms with van der Waals surface area (Å²) >= 11 is 0. The molecule has 110 valence electrons. The van der Waals surface area contributed by atoms with Gasteiger partial charge in [0.25, 0.3) is 5.69 Å². The Kier molecular flexibility index (Phi) is 5.49. The molecule has 0 aliphatic carbocycles. The lowest BCUT2D eigenvalue weighted by Crippen LogP contribution is -2.41. The van der Waals surface area contributed by atoms with E-state index in [1.165, 1.54) is 6.07 Å². The van der Waals surface area contributed by atoms with Crippen molar-refractivity contribution in [1.82, 2.24) is 4.90 Å². The van der Waals surface area contributed by atoms with E-state index in [1.54, 1.807) is 30.9 Å². The maximum Gasteiger partial charge on any atom is 0.274 e. The van der Waals surface area contributed by atoms with Gasteiger partial charge in [-0.15, -0.1) is 0 Å². The summed E-state index contributed by atoms with van der Waals surface area (Å²) < 4.78 is 0. The standard InChI is InChI=1S/C14H21N3O3/c1-5-16(6-2)14(18)11(4)15-12-8-7-9-13(10(12)3)17(19)20/h7-9,11,15H,5-6H2,1-4H3. The number of likely N-dealkylation sites (N-methyl/N-ethyl adjacent to an activating group) is 1. The van der Waals surface area contributed by atoms with Gasteiger partial charge in [-0.05, 0) is 33.8 Å². The molecular formula is C14H21N3O3. The molecule has 0 radical (unpaired) electrons. The molecule has 1 atom stereocenters. The molecule has 0 fully saturated rings. The van der Waals surface area contributed by atoms with Crippen molar-refractivity contribution in [1.29, 1.82) is 0 Å². The normalized spacial score (nSPS) is 11.8. The lowest BCUT2D eigenvalue weighted by molar-refractivity contribution is -0.385. The maximum absolute atomic E-state index is 12.2. The molecule has 1 unspecified atom stereocenters. The first-order chi connectivity index (χ1) is 9.42. The van der Waals surface area contributed by atoms with Gasteiger partial charge in [0.05, 0.1) is 4.92 Å². The first-order valence-corrected chi connectivity index (χ1v) is 6.71. The second kappa shape index (κ2) is 6.88. The number of carbonyl (C=O) groups excluding carboxylic acids is 1. The summed E-state index contributed by atoms with van der Waals surface area (Å²) in [6.07, 6.45) is 0. The molecule has 1 rings (SSSR count). The monoisotopic (exact) mass is 279 g/mol. The van der Waals surface area contributed by atoms with E-state index in [-0.39, 0.29) is 11.6 Å². The number of rotatable bonds is 6. The van der Waals surface area contributed by atoms with E-state index in [9.17, 15) is 14.9 Å². The van der Waals surface area contributed by atoms with E-state index >= 15 is 0 Å². The van der Waals surface area contributed by atoms with Crippen LogP contribution in [0, 0.1) is 17.0 Å². The van der Waals surface area contributed by atoms with Gasteiger partial charge < -0.3 is 10.2 Å². The third-order valence-electron chi connectivity index (χ3n) is 3.32. The van der Waals surface area contributed by atoms with E-state index in [2.05, 4.69) is 5.32 Å². The highest BCUT2D eigenvalue weighted by Crippen LogP contribution is 2.25. The predicted molar refractivity (Wildman–Crippen MR) is 78.8 cm³/mol. The van der Waals surface area contributed by atoms with E-state index in [0.717, 1.165) is 0 Å². The Morgan fingerprint density at radius 1 is 1.40 bits per heavy atom. The van der Waals surface area contributed by atoms with Crippen LogP contribution < -0.4 is 5.32 Å². The van der Waals surface area contributed by atoms with Crippen molar-refractivity contribution in [3.8, 4) is 0 Å². The minimum absolute atomic E-state index is 0.0130. The fourth-order valence-electron chi connectivity index (χ4n) is 2.08. The van der Waals surface area contributed by atoms with Gasteiger partial charge in [-0.25, -0.2) is 0 Å². The molecule has 0 heterocycles. The fourth-order valence-corrected chi connectivity index (χ4v) is 2.08. The van der Waals surface area contributed by atoms with Crippen LogP contribution in [-0.2, 0) is 4.79 Å². The summed E-state index contributed by atoms with van der Waals surface area (Å²) in [7, 11) is 0. The molecule has 0 saturated carbocycles. The van der Waals surface area contributed by atoms with Crippen molar-refractivity contribution < 1.29 is 9.72 Å². The second-order valence-corrected chi connectivity index (χ2v) is 4.58. The third-order valence-corrected chi connectivity index (χ3v) is 3.32. The van der Waals surface area contributed by atoms with Crippen LogP contribution in [0.1, 0.15) is 26.3 Å². The molecule has 1 N–H and O–H groups in total. The Hall–Kier alpha value is -2.11. The molecule has 1 amide bonds. The average Bonchev–Trinajstić information content (AvgIpc) is 2.41. The summed E-state index contributed by atoms with van der Waals surface area (Å²) in [6.45, 7) is 8.58. The number of hydrogen-bond acceptors (Lipinski definition) is 4. The predicted octanol–water partition coefficient (Wildman–Crippen LogP) is 2.57. The Labute approximate surface area is 118 Å². The van der Waals surface area contributed by atoms with Gasteiger partial charge in [0.1, 0.15) is 6.04 Å². The van der Waals surface area contributed by atoms with Gasteiger partial charge in [0.15, 0.2) is 0 Å². The molecule has 0 aromatic heterocycles. The largest absolute Gasteiger partial charge is 0.373 e. The van der Waals surface area contributed by atoms with Gasteiger partial charge in [0, 0.05) is 30.4 Å². The number of nitrogens with zero attached hydrogens (tertiary/aromatic N) is 2. The summed E-state index contributed by atoms with van der Waals surface area (Å²) in [5.74, 6) is -0.0130. The van der Waals surface area contributed by atoms with Crippen LogP contribution in [0.2, 0.25) is 0 Å². The first kappa shape index (κ1) is 15.9. The highest BCUT2D eigenvalue weighted by atomic mass is 16.6. The summed E-state index contributed by atoms with van der Waals surface area (Å²) in [6, 6.07) is 4.39. The van der Waals surface area contributed by atoms with Crippen molar-refractivity contribution >= 4 is 17.3 Å². The molecule has 1 aromatic carbocycles. The van der Waals surface area contributed by atoms with Gasteiger partial charge in [0.2, 0.25) is 5.91 Å². The maximum atomic E-state index is 12.2. The zero-order valence-corrected chi connectivity index (χ0v) is 12.3. The van der Waals surface area contributed by atoms with Crippen molar-refractivity contribution in [2.45, 2.75) is 33.7 Å². The molecule has 0 saturated heterocycles. The minimum Gasteiger partial charge on any atom is -0.373 e. The topological polar surface area (TPSA) is 75.5 Å². The smallest absolute Gasteiger partial charge is 0.274 e. The van der Waals surface area contributed by atoms with Crippen LogP contribution in [-0.4, -0.2) is 34.9 Å². The van der Waals surface area contributed by atoms with Crippen LogP contribution in [0.5, 0.6) is 0 Å². The molecule has 0 aliphatic rings. The Morgan fingerprint density at radius 3 is 2.50 bits per heavy atom. The van der Waals surface area contributed by atoms with Crippen molar-refractivity contribution in [3.05, 3.63) is 33.9 Å². The molecule has 6 heteroatoms. The van der Waals surface area contributed by atoms with E-state index in [0.29, 0.717) is 24.3 Å². The van der Waals surface area contributed by atoms with E-state index < -0.39 is 11.0 Å². The molecular weight excluding hydrogens is 258 g/mol. The van der Waals surface area contributed by atoms with Crippen LogP contribution >= 0.6 is 0 Å². The number of amides is 1. The number of nitro benzene ring substituents is 1. The number of nitro groups is 1. The van der Waals surface area contributed by atoms with Crippen LogP contribution in [0.25, 0.3) is 0 Å². The number of benzene rings is 1. The number of hydrogen-bond donors (Lipinski definition) is 1. The molecule has 1 aromatic rings. The number of carbonyl (C=O) groups is 1. The highest BCUT2D eigenvalue weighted by molar-refractivity contribution is 5.84. The second-order valence-electron chi connectivity index (χ2n) is 4.58. The third kappa shape index (κ3) is 3.46. The SMILES string of the molecule is CCN(CC)C(=O)C(C)Nc1cccc([N+](=O)[O-])c1C. The Bertz CT molecular complexity index is 498. The Morgan fingerprint density at radius 2 is 2.00 bits per heavy atom. The average molecular weight is 279 g/mol. The summed E-state index contributed by atoms with van der Waals surface area (Å²) in [5.41, 5.74) is 1.21. The van der Waals surface area contributed by atoms with Crippen molar-refractivity contribution in [3.63, 3.8) is 0 Å². The van der Waals surface area contributed by atoms with Crippen molar-refractivity contribution in [2.75, 3.05) is 18.4 Å². The molecule has 0 spiro atoms. The first-order valence-electron chi connectivity index (χ1n) is 6.71.